The van der Waals surface area contributed by atoms with Crippen LogP contribution in [0, 0.1) is 24.3 Å². The Morgan fingerprint density at radius 3 is 1.79 bits per heavy atom. The van der Waals surface area contributed by atoms with Crippen LogP contribution in [0.25, 0.3) is 4.85 Å². The summed E-state index contributed by atoms with van der Waals surface area (Å²) in [6, 6.07) is 6.64. The van der Waals surface area contributed by atoms with Crippen molar-refractivity contribution < 1.29 is 27.9 Å². The number of carboxylic acid groups (broad SMARTS) is 1. The summed E-state index contributed by atoms with van der Waals surface area (Å²) in [6.45, 7) is 20.9. The van der Waals surface area contributed by atoms with Gasteiger partial charge in [0.25, 0.3) is 9.84 Å². The number of ether oxygens (including phenoxy) is 1. The van der Waals surface area contributed by atoms with E-state index in [4.69, 9.17) is 11.3 Å². The number of aryl methyl sites for hydroxylation is 1. The second-order valence-electron chi connectivity index (χ2n) is 12.2. The lowest BCUT2D eigenvalue weighted by atomic mass is 9.86. The number of unbranched alkanes of at least 4 members (excludes halogenated alkanes) is 4. The average molecular weight is 564 g/mol. The van der Waals surface area contributed by atoms with E-state index in [1.54, 1.807) is 38.1 Å². The minimum Gasteiger partial charge on any atom is -0.481 e. The van der Waals surface area contributed by atoms with Gasteiger partial charge in [-0.3, -0.25) is 14.4 Å². The number of carbonyl (C=O) groups excluding carboxylic acids is 1. The molecule has 0 aliphatic carbocycles. The molecule has 2 atom stereocenters. The van der Waals surface area contributed by atoms with Gasteiger partial charge in [0.05, 0.1) is 21.8 Å². The van der Waals surface area contributed by atoms with Crippen LogP contribution in [0.1, 0.15) is 118 Å². The Bertz CT molecular complexity index is 1090. The molecule has 1 rings (SSSR count). The van der Waals surface area contributed by atoms with Gasteiger partial charge in [0.2, 0.25) is 0 Å². The Morgan fingerprint density at radius 2 is 1.36 bits per heavy atom. The number of esters is 1. The van der Waals surface area contributed by atoms with E-state index in [2.05, 4.69) is 4.85 Å². The van der Waals surface area contributed by atoms with Crippen molar-refractivity contribution in [2.75, 3.05) is 0 Å². The van der Waals surface area contributed by atoms with Gasteiger partial charge in [0, 0.05) is 12.8 Å². The lowest BCUT2D eigenvalue weighted by Gasteiger charge is -2.25. The van der Waals surface area contributed by atoms with Crippen molar-refractivity contribution >= 4 is 21.8 Å². The topological polar surface area (TPSA) is 102 Å². The predicted octanol–water partition coefficient (Wildman–Crippen LogP) is 7.76. The van der Waals surface area contributed by atoms with Crippen molar-refractivity contribution in [2.24, 2.45) is 10.8 Å². The number of carbonyl (C=O) groups is 2. The second kappa shape index (κ2) is 14.8. The summed E-state index contributed by atoms with van der Waals surface area (Å²) >= 11 is 0. The molecule has 0 aliphatic heterocycles. The summed E-state index contributed by atoms with van der Waals surface area (Å²) in [4.78, 5) is 26.3. The van der Waals surface area contributed by atoms with Crippen LogP contribution in [0.3, 0.4) is 0 Å². The zero-order valence-corrected chi connectivity index (χ0v) is 25.8. The lowest BCUT2D eigenvalue weighted by Crippen LogP contribution is -2.35. The Labute approximate surface area is 236 Å². The fourth-order valence-electron chi connectivity index (χ4n) is 4.43. The van der Waals surface area contributed by atoms with Crippen LogP contribution in [0.15, 0.2) is 29.2 Å². The molecule has 1 aromatic carbocycles. The monoisotopic (exact) mass is 563 g/mol. The first-order valence-corrected chi connectivity index (χ1v) is 15.7. The molecule has 0 saturated heterocycles. The maximum absolute atomic E-state index is 13.8. The smallest absolute Gasteiger partial charge is 0.333 e. The minimum absolute atomic E-state index is 0.127. The van der Waals surface area contributed by atoms with E-state index in [9.17, 15) is 23.1 Å². The molecular formula is C31H49NO6S. The van der Waals surface area contributed by atoms with E-state index in [1.165, 1.54) is 0 Å². The predicted molar refractivity (Wildman–Crippen MR) is 155 cm³/mol. The number of carboxylic acids is 1. The first-order chi connectivity index (χ1) is 18.0. The Kier molecular flexibility index (Phi) is 13.2. The molecule has 0 fully saturated rings. The van der Waals surface area contributed by atoms with Crippen LogP contribution >= 0.6 is 0 Å². The van der Waals surface area contributed by atoms with E-state index in [1.807, 2.05) is 34.6 Å². The Morgan fingerprint density at radius 1 is 0.897 bits per heavy atom. The van der Waals surface area contributed by atoms with Crippen LogP contribution in [-0.4, -0.2) is 36.4 Å². The normalized spacial score (nSPS) is 14.7. The highest BCUT2D eigenvalue weighted by Gasteiger charge is 2.50. The lowest BCUT2D eigenvalue weighted by molar-refractivity contribution is -0.159. The highest BCUT2D eigenvalue weighted by atomic mass is 32.2. The zero-order chi connectivity index (χ0) is 29.9. The molecule has 0 aromatic heterocycles. The summed E-state index contributed by atoms with van der Waals surface area (Å²) in [7, 11) is -3.93. The van der Waals surface area contributed by atoms with Crippen LogP contribution in [-0.2, 0) is 24.2 Å². The number of benzene rings is 1. The Hall–Kier alpha value is -2.40. The SMILES string of the molecule is [C-]#[N+]C(CCCCCC(C)(C)C(=O)O)(CCCCCC(C)(C)C(=O)OC(C)CC)S(=O)(=O)c1ccc(C)cc1. The molecule has 0 aliphatic rings. The number of aliphatic carboxylic acids is 1. The molecule has 0 radical (unpaired) electrons. The van der Waals surface area contributed by atoms with E-state index >= 15 is 0 Å². The van der Waals surface area contributed by atoms with Crippen LogP contribution in [0.2, 0.25) is 0 Å². The number of hydrogen-bond donors (Lipinski definition) is 1. The average Bonchev–Trinajstić information content (AvgIpc) is 2.86. The molecule has 0 saturated carbocycles. The molecular weight excluding hydrogens is 514 g/mol. The Balaban J connectivity index is 2.93. The maximum Gasteiger partial charge on any atom is 0.333 e. The molecule has 0 heterocycles. The number of hydrogen-bond acceptors (Lipinski definition) is 5. The summed E-state index contributed by atoms with van der Waals surface area (Å²) in [6.07, 6.45) is 5.98. The third-order valence-electron chi connectivity index (χ3n) is 7.79. The molecule has 0 amide bonds. The van der Waals surface area contributed by atoms with E-state index in [0.29, 0.717) is 44.9 Å². The zero-order valence-electron chi connectivity index (χ0n) is 25.0. The van der Waals surface area contributed by atoms with Gasteiger partial charge < -0.3 is 9.84 Å². The van der Waals surface area contributed by atoms with Gasteiger partial charge in [0.1, 0.15) is 0 Å². The van der Waals surface area contributed by atoms with Crippen molar-refractivity contribution in [3.63, 3.8) is 0 Å². The maximum atomic E-state index is 13.8. The van der Waals surface area contributed by atoms with Gasteiger partial charge in [0.15, 0.2) is 0 Å². The number of rotatable bonds is 18. The van der Waals surface area contributed by atoms with Crippen molar-refractivity contribution in [2.45, 2.75) is 135 Å². The van der Waals surface area contributed by atoms with Gasteiger partial charge in [-0.15, -0.1) is 0 Å². The minimum atomic E-state index is -3.93. The third kappa shape index (κ3) is 9.94. The number of nitrogens with zero attached hydrogens (tertiary/aromatic N) is 1. The fourth-order valence-corrected chi connectivity index (χ4v) is 6.31. The molecule has 1 N–H and O–H groups in total. The molecule has 220 valence electrons. The molecule has 0 spiro atoms. The first-order valence-electron chi connectivity index (χ1n) is 14.2. The van der Waals surface area contributed by atoms with Gasteiger partial charge in [-0.2, -0.15) is 0 Å². The van der Waals surface area contributed by atoms with Gasteiger partial charge >= 0.3 is 16.8 Å². The second-order valence-corrected chi connectivity index (χ2v) is 14.4. The quantitative estimate of drug-likeness (QED) is 0.111. The number of sulfone groups is 1. The van der Waals surface area contributed by atoms with Crippen LogP contribution in [0.4, 0.5) is 0 Å². The summed E-state index contributed by atoms with van der Waals surface area (Å²) in [5.74, 6) is -1.07. The summed E-state index contributed by atoms with van der Waals surface area (Å²) in [5, 5.41) is 9.34. The fraction of sp³-hybridized carbons (Fsp3) is 0.710. The van der Waals surface area contributed by atoms with E-state index in [0.717, 1.165) is 18.4 Å². The van der Waals surface area contributed by atoms with E-state index in [-0.39, 0.29) is 29.8 Å². The van der Waals surface area contributed by atoms with Crippen LogP contribution in [0.5, 0.6) is 0 Å². The van der Waals surface area contributed by atoms with Crippen molar-refractivity contribution in [1.29, 1.82) is 0 Å². The van der Waals surface area contributed by atoms with Crippen molar-refractivity contribution in [1.82, 2.24) is 0 Å². The molecule has 39 heavy (non-hydrogen) atoms. The highest BCUT2D eigenvalue weighted by Crippen LogP contribution is 2.38. The van der Waals surface area contributed by atoms with Crippen molar-refractivity contribution in [3.8, 4) is 0 Å². The summed E-state index contributed by atoms with van der Waals surface area (Å²) < 4.78 is 33.1. The molecule has 7 nitrogen and oxygen atoms in total. The molecule has 0 bridgehead atoms. The largest absolute Gasteiger partial charge is 0.481 e. The van der Waals surface area contributed by atoms with Crippen molar-refractivity contribution in [3.05, 3.63) is 41.2 Å². The van der Waals surface area contributed by atoms with Gasteiger partial charge in [-0.1, -0.05) is 50.3 Å². The van der Waals surface area contributed by atoms with Gasteiger partial charge in [-0.05, 0) is 85.8 Å². The van der Waals surface area contributed by atoms with Crippen LogP contribution < -0.4 is 0 Å². The van der Waals surface area contributed by atoms with E-state index < -0.39 is 31.5 Å². The highest BCUT2D eigenvalue weighted by molar-refractivity contribution is 7.93. The molecule has 2 unspecified atom stereocenters. The molecule has 1 aromatic rings. The summed E-state index contributed by atoms with van der Waals surface area (Å²) in [5.41, 5.74) is -0.518. The first kappa shape index (κ1) is 34.6. The third-order valence-corrected chi connectivity index (χ3v) is 10.2. The van der Waals surface area contributed by atoms with Gasteiger partial charge in [-0.25, -0.2) is 15.0 Å². The standard InChI is InChI=1S/C31H49NO6S/c1-9-25(3)38-28(35)30(6,7)21-13-11-15-23-31(32-8,22-14-10-12-20-29(4,5)27(33)34)39(36,37)26-18-16-24(2)17-19-26/h16-19,25H,9-15,20-23H2,1-7H3,(H,33,34). The molecule has 8 heteroatoms.